The first-order valence-electron chi connectivity index (χ1n) is 5.14. The molecule has 1 saturated heterocycles. The van der Waals surface area contributed by atoms with Crippen molar-refractivity contribution in [2.75, 3.05) is 19.7 Å². The summed E-state index contributed by atoms with van der Waals surface area (Å²) in [7, 11) is 0. The molecule has 0 saturated carbocycles. The van der Waals surface area contributed by atoms with Crippen LogP contribution in [0.2, 0.25) is 5.02 Å². The summed E-state index contributed by atoms with van der Waals surface area (Å²) < 4.78 is 0. The summed E-state index contributed by atoms with van der Waals surface area (Å²) >= 11 is 6.09. The van der Waals surface area contributed by atoms with E-state index in [1.54, 1.807) is 11.0 Å². The molecule has 1 atom stereocenters. The van der Waals surface area contributed by atoms with Crippen molar-refractivity contribution in [3.8, 4) is 0 Å². The van der Waals surface area contributed by atoms with Gasteiger partial charge in [0.15, 0.2) is 0 Å². The fourth-order valence-corrected chi connectivity index (χ4v) is 2.19. The van der Waals surface area contributed by atoms with Crippen LogP contribution in [0.1, 0.15) is 11.6 Å². The molecule has 1 unspecified atom stereocenters. The number of urea groups is 1. The maximum Gasteiger partial charge on any atom is 0.318 e. The molecule has 5 heteroatoms. The second-order valence-corrected chi connectivity index (χ2v) is 4.05. The molecule has 2 rings (SSSR count). The Morgan fingerprint density at radius 1 is 1.50 bits per heavy atom. The lowest BCUT2D eigenvalue weighted by Crippen LogP contribution is -2.32. The number of amides is 2. The molecule has 4 nitrogen and oxygen atoms in total. The molecule has 1 fully saturated rings. The van der Waals surface area contributed by atoms with E-state index >= 15 is 0 Å². The van der Waals surface area contributed by atoms with E-state index in [9.17, 15) is 4.79 Å². The maximum absolute atomic E-state index is 11.5. The molecule has 0 aromatic heterocycles. The van der Waals surface area contributed by atoms with E-state index in [0.29, 0.717) is 18.1 Å². The third kappa shape index (κ3) is 1.99. The first kappa shape index (κ1) is 11.2. The largest absolute Gasteiger partial charge is 0.395 e. The first-order chi connectivity index (χ1) is 7.74. The van der Waals surface area contributed by atoms with Crippen LogP contribution in [-0.2, 0) is 0 Å². The highest BCUT2D eigenvalue weighted by molar-refractivity contribution is 6.31. The van der Waals surface area contributed by atoms with Crippen molar-refractivity contribution in [2.45, 2.75) is 6.04 Å². The number of nitrogens with one attached hydrogen (secondary N) is 1. The fourth-order valence-electron chi connectivity index (χ4n) is 1.93. The molecular weight excluding hydrogens is 228 g/mol. The number of hydrogen-bond acceptors (Lipinski definition) is 2. The molecule has 1 aromatic carbocycles. The van der Waals surface area contributed by atoms with Gasteiger partial charge in [0.2, 0.25) is 0 Å². The summed E-state index contributed by atoms with van der Waals surface area (Å²) in [5.41, 5.74) is 0.913. The monoisotopic (exact) mass is 240 g/mol. The number of β-amino-alcohol motifs (C(OH)–C–C–N with tert-alkyl or cyclic N) is 1. The van der Waals surface area contributed by atoms with E-state index < -0.39 is 0 Å². The summed E-state index contributed by atoms with van der Waals surface area (Å²) in [4.78, 5) is 13.1. The van der Waals surface area contributed by atoms with E-state index in [-0.39, 0.29) is 18.7 Å². The molecule has 0 radical (unpaired) electrons. The number of halogens is 1. The third-order valence-electron chi connectivity index (χ3n) is 2.69. The second-order valence-electron chi connectivity index (χ2n) is 3.64. The van der Waals surface area contributed by atoms with Crippen LogP contribution >= 0.6 is 11.6 Å². The van der Waals surface area contributed by atoms with Crippen LogP contribution in [-0.4, -0.2) is 35.7 Å². The SMILES string of the molecule is O=C1NCC(c2ccccc2Cl)N1CCO. The second kappa shape index (κ2) is 4.72. The fraction of sp³-hybridized carbons (Fsp3) is 0.364. The highest BCUT2D eigenvalue weighted by Gasteiger charge is 2.32. The van der Waals surface area contributed by atoms with Crippen molar-refractivity contribution in [1.29, 1.82) is 0 Å². The molecule has 0 bridgehead atoms. The molecule has 86 valence electrons. The van der Waals surface area contributed by atoms with Gasteiger partial charge in [0, 0.05) is 18.1 Å². The van der Waals surface area contributed by atoms with Gasteiger partial charge in [-0.15, -0.1) is 0 Å². The Bertz CT molecular complexity index is 397. The Labute approximate surface area is 98.8 Å². The number of carbonyl (C=O) groups excluding carboxylic acids is 1. The van der Waals surface area contributed by atoms with Crippen LogP contribution in [0.15, 0.2) is 24.3 Å². The molecule has 1 aliphatic heterocycles. The zero-order valence-corrected chi connectivity index (χ0v) is 9.44. The lowest BCUT2D eigenvalue weighted by atomic mass is 10.1. The zero-order valence-electron chi connectivity index (χ0n) is 8.69. The van der Waals surface area contributed by atoms with Gasteiger partial charge in [-0.2, -0.15) is 0 Å². The van der Waals surface area contributed by atoms with Crippen molar-refractivity contribution in [1.82, 2.24) is 10.2 Å². The smallest absolute Gasteiger partial charge is 0.318 e. The molecule has 0 spiro atoms. The van der Waals surface area contributed by atoms with Crippen molar-refractivity contribution >= 4 is 17.6 Å². The molecule has 2 N–H and O–H groups in total. The van der Waals surface area contributed by atoms with Gasteiger partial charge in [-0.05, 0) is 11.6 Å². The number of hydrogen-bond donors (Lipinski definition) is 2. The highest BCUT2D eigenvalue weighted by atomic mass is 35.5. The van der Waals surface area contributed by atoms with E-state index in [1.165, 1.54) is 0 Å². The van der Waals surface area contributed by atoms with Crippen LogP contribution in [0.5, 0.6) is 0 Å². The van der Waals surface area contributed by atoms with Crippen molar-refractivity contribution in [3.05, 3.63) is 34.9 Å². The molecular formula is C11H13ClN2O2. The quantitative estimate of drug-likeness (QED) is 0.839. The van der Waals surface area contributed by atoms with E-state index in [1.807, 2.05) is 18.2 Å². The predicted molar refractivity (Wildman–Crippen MR) is 61.4 cm³/mol. The number of aliphatic hydroxyl groups excluding tert-OH is 1. The number of aliphatic hydroxyl groups is 1. The Morgan fingerprint density at radius 3 is 2.94 bits per heavy atom. The predicted octanol–water partition coefficient (Wildman–Crippen LogP) is 1.40. The minimum atomic E-state index is -0.154. The van der Waals surface area contributed by atoms with Crippen molar-refractivity contribution < 1.29 is 9.90 Å². The average Bonchev–Trinajstić information content (AvgIpc) is 2.62. The van der Waals surface area contributed by atoms with Crippen LogP contribution in [0.3, 0.4) is 0 Å². The Hall–Kier alpha value is -1.26. The van der Waals surface area contributed by atoms with Crippen LogP contribution < -0.4 is 5.32 Å². The minimum Gasteiger partial charge on any atom is -0.395 e. The number of carbonyl (C=O) groups is 1. The van der Waals surface area contributed by atoms with Crippen molar-refractivity contribution in [3.63, 3.8) is 0 Å². The standard InChI is InChI=1S/C11H13ClN2O2/c12-9-4-2-1-3-8(9)10-7-13-11(16)14(10)5-6-15/h1-4,10,15H,5-7H2,(H,13,16). The van der Waals surface area contributed by atoms with Gasteiger partial charge in [-0.1, -0.05) is 29.8 Å². The van der Waals surface area contributed by atoms with E-state index in [4.69, 9.17) is 16.7 Å². The minimum absolute atomic E-state index is 0.0472. The van der Waals surface area contributed by atoms with Gasteiger partial charge in [0.1, 0.15) is 0 Å². The lowest BCUT2D eigenvalue weighted by molar-refractivity contribution is 0.179. The van der Waals surface area contributed by atoms with Gasteiger partial charge in [0.05, 0.1) is 12.6 Å². The van der Waals surface area contributed by atoms with Gasteiger partial charge in [0.25, 0.3) is 0 Å². The first-order valence-corrected chi connectivity index (χ1v) is 5.51. The molecule has 16 heavy (non-hydrogen) atoms. The number of benzene rings is 1. The molecule has 0 aliphatic carbocycles. The normalized spacial score (nSPS) is 20.0. The Balaban J connectivity index is 2.27. The summed E-state index contributed by atoms with van der Waals surface area (Å²) in [6.45, 7) is 0.804. The Kier molecular flexibility index (Phi) is 3.31. The average molecular weight is 241 g/mol. The third-order valence-corrected chi connectivity index (χ3v) is 3.03. The molecule has 1 aliphatic rings. The summed E-state index contributed by atoms with van der Waals surface area (Å²) in [5, 5.41) is 12.3. The molecule has 1 aromatic rings. The van der Waals surface area contributed by atoms with Gasteiger partial charge >= 0.3 is 6.03 Å². The van der Waals surface area contributed by atoms with Crippen LogP contribution in [0.4, 0.5) is 4.79 Å². The highest BCUT2D eigenvalue weighted by Crippen LogP contribution is 2.29. The summed E-state index contributed by atoms with van der Waals surface area (Å²) in [6, 6.07) is 7.20. The summed E-state index contributed by atoms with van der Waals surface area (Å²) in [6.07, 6.45) is 0. The topological polar surface area (TPSA) is 52.6 Å². The maximum atomic E-state index is 11.5. The number of rotatable bonds is 3. The van der Waals surface area contributed by atoms with Gasteiger partial charge in [-0.25, -0.2) is 4.79 Å². The van der Waals surface area contributed by atoms with E-state index in [2.05, 4.69) is 5.32 Å². The number of nitrogens with zero attached hydrogens (tertiary/aromatic N) is 1. The zero-order chi connectivity index (χ0) is 11.5. The summed E-state index contributed by atoms with van der Waals surface area (Å²) in [5.74, 6) is 0. The van der Waals surface area contributed by atoms with Gasteiger partial charge in [-0.3, -0.25) is 0 Å². The molecule has 2 amide bonds. The van der Waals surface area contributed by atoms with E-state index in [0.717, 1.165) is 5.56 Å². The van der Waals surface area contributed by atoms with Crippen molar-refractivity contribution in [2.24, 2.45) is 0 Å². The Morgan fingerprint density at radius 2 is 2.25 bits per heavy atom. The van der Waals surface area contributed by atoms with Crippen LogP contribution in [0.25, 0.3) is 0 Å². The van der Waals surface area contributed by atoms with Crippen LogP contribution in [0, 0.1) is 0 Å². The molecule has 1 heterocycles. The lowest BCUT2D eigenvalue weighted by Gasteiger charge is -2.23. The van der Waals surface area contributed by atoms with Gasteiger partial charge < -0.3 is 15.3 Å².